The Bertz CT molecular complexity index is 377. The van der Waals surface area contributed by atoms with Gasteiger partial charge >= 0.3 is 0 Å². The molecule has 19 heavy (non-hydrogen) atoms. The number of hydrogen-bond acceptors (Lipinski definition) is 3. The molecular weight excluding hydrogens is 234 g/mol. The number of nitrogens with one attached hydrogen (secondary N) is 2. The molecule has 0 saturated carbocycles. The van der Waals surface area contributed by atoms with Gasteiger partial charge in [-0.05, 0) is 38.3 Å². The number of anilines is 1. The van der Waals surface area contributed by atoms with Gasteiger partial charge in [0.05, 0.1) is 0 Å². The molecule has 0 aromatic heterocycles. The van der Waals surface area contributed by atoms with E-state index in [1.807, 2.05) is 0 Å². The third-order valence-electron chi connectivity index (χ3n) is 4.12. The average Bonchev–Trinajstić information content (AvgIpc) is 2.43. The summed E-state index contributed by atoms with van der Waals surface area (Å²) in [6.07, 6.45) is 1.20. The summed E-state index contributed by atoms with van der Waals surface area (Å²) < 4.78 is 0. The fourth-order valence-corrected chi connectivity index (χ4v) is 2.80. The molecule has 1 aliphatic heterocycles. The van der Waals surface area contributed by atoms with Crippen molar-refractivity contribution in [3.63, 3.8) is 0 Å². The van der Waals surface area contributed by atoms with Crippen LogP contribution in [-0.2, 0) is 0 Å². The largest absolute Gasteiger partial charge is 0.385 e. The van der Waals surface area contributed by atoms with Crippen molar-refractivity contribution in [2.75, 3.05) is 38.0 Å². The molecule has 2 N–H and O–H groups in total. The van der Waals surface area contributed by atoms with E-state index in [1.54, 1.807) is 0 Å². The maximum absolute atomic E-state index is 3.61. The van der Waals surface area contributed by atoms with Crippen LogP contribution >= 0.6 is 0 Å². The van der Waals surface area contributed by atoms with E-state index < -0.39 is 0 Å². The Labute approximate surface area is 117 Å². The fraction of sp³-hybridized carbons (Fsp3) is 0.625. The van der Waals surface area contributed by atoms with Crippen molar-refractivity contribution >= 4 is 5.69 Å². The van der Waals surface area contributed by atoms with Crippen LogP contribution in [0.2, 0.25) is 0 Å². The highest BCUT2D eigenvalue weighted by Crippen LogP contribution is 2.19. The van der Waals surface area contributed by atoms with Crippen molar-refractivity contribution in [3.8, 4) is 0 Å². The first-order valence-corrected chi connectivity index (χ1v) is 7.43. The molecular formula is C16H27N3. The van der Waals surface area contributed by atoms with Gasteiger partial charge in [-0.1, -0.05) is 18.2 Å². The predicted molar refractivity (Wildman–Crippen MR) is 82.9 cm³/mol. The molecule has 1 atom stereocenters. The zero-order valence-corrected chi connectivity index (χ0v) is 12.5. The average molecular weight is 261 g/mol. The molecule has 1 unspecified atom stereocenters. The molecule has 1 aromatic carbocycles. The zero-order chi connectivity index (χ0) is 13.7. The summed E-state index contributed by atoms with van der Waals surface area (Å²) in [4.78, 5) is 2.59. The summed E-state index contributed by atoms with van der Waals surface area (Å²) in [5, 5.41) is 7.02. The fourth-order valence-electron chi connectivity index (χ4n) is 2.80. The van der Waals surface area contributed by atoms with Crippen LogP contribution in [-0.4, -0.2) is 43.7 Å². The maximum atomic E-state index is 3.61. The molecule has 0 amide bonds. The number of benzene rings is 1. The number of piperazine rings is 1. The molecule has 3 heteroatoms. The van der Waals surface area contributed by atoms with Gasteiger partial charge in [0, 0.05) is 44.5 Å². The van der Waals surface area contributed by atoms with Crippen molar-refractivity contribution < 1.29 is 0 Å². The lowest BCUT2D eigenvalue weighted by Crippen LogP contribution is -2.47. The van der Waals surface area contributed by atoms with Crippen LogP contribution in [0.4, 0.5) is 5.69 Å². The summed E-state index contributed by atoms with van der Waals surface area (Å²) in [5.41, 5.74) is 4.00. The number of para-hydroxylation sites is 1. The Morgan fingerprint density at radius 3 is 2.47 bits per heavy atom. The van der Waals surface area contributed by atoms with E-state index in [0.717, 1.165) is 19.6 Å². The minimum absolute atomic E-state index is 0.666. The Balaban J connectivity index is 1.79. The van der Waals surface area contributed by atoms with Crippen LogP contribution in [0.15, 0.2) is 18.2 Å². The maximum Gasteiger partial charge on any atom is 0.0399 e. The van der Waals surface area contributed by atoms with Crippen molar-refractivity contribution in [1.82, 2.24) is 10.2 Å². The second kappa shape index (κ2) is 6.92. The minimum Gasteiger partial charge on any atom is -0.385 e. The zero-order valence-electron chi connectivity index (χ0n) is 12.5. The van der Waals surface area contributed by atoms with Gasteiger partial charge in [-0.25, -0.2) is 0 Å². The van der Waals surface area contributed by atoms with Crippen molar-refractivity contribution in [2.24, 2.45) is 0 Å². The summed E-state index contributed by atoms with van der Waals surface area (Å²) >= 11 is 0. The van der Waals surface area contributed by atoms with Crippen molar-refractivity contribution in [2.45, 2.75) is 33.2 Å². The molecule has 0 bridgehead atoms. The SMILES string of the molecule is Cc1cccc(C)c1NCCC(C)N1CCNCC1. The lowest BCUT2D eigenvalue weighted by molar-refractivity contribution is 0.179. The van der Waals surface area contributed by atoms with E-state index in [2.05, 4.69) is 54.5 Å². The van der Waals surface area contributed by atoms with Gasteiger partial charge < -0.3 is 10.6 Å². The van der Waals surface area contributed by atoms with Gasteiger partial charge in [0.15, 0.2) is 0 Å². The molecule has 0 aliphatic carbocycles. The topological polar surface area (TPSA) is 27.3 Å². The lowest BCUT2D eigenvalue weighted by atomic mass is 10.1. The normalized spacial score (nSPS) is 18.3. The summed E-state index contributed by atoms with van der Waals surface area (Å²) in [6, 6.07) is 7.14. The van der Waals surface area contributed by atoms with Gasteiger partial charge in [-0.3, -0.25) is 4.90 Å². The molecule has 3 nitrogen and oxygen atoms in total. The molecule has 1 saturated heterocycles. The standard InChI is InChI=1S/C16H27N3/c1-13-5-4-6-14(2)16(13)18-8-7-15(3)19-11-9-17-10-12-19/h4-6,15,17-18H,7-12H2,1-3H3. The molecule has 0 radical (unpaired) electrons. The van der Waals surface area contributed by atoms with Gasteiger partial charge in [0.2, 0.25) is 0 Å². The summed E-state index contributed by atoms with van der Waals surface area (Å²) in [7, 11) is 0. The van der Waals surface area contributed by atoms with Crippen LogP contribution in [0.1, 0.15) is 24.5 Å². The van der Waals surface area contributed by atoms with E-state index in [1.165, 1.54) is 36.3 Å². The molecule has 0 spiro atoms. The minimum atomic E-state index is 0.666. The highest BCUT2D eigenvalue weighted by Gasteiger charge is 2.15. The predicted octanol–water partition coefficient (Wildman–Crippen LogP) is 2.40. The van der Waals surface area contributed by atoms with Crippen molar-refractivity contribution in [1.29, 1.82) is 0 Å². The molecule has 1 aromatic rings. The summed E-state index contributed by atoms with van der Waals surface area (Å²) in [6.45, 7) is 12.4. The van der Waals surface area contributed by atoms with Gasteiger partial charge in [0.1, 0.15) is 0 Å². The van der Waals surface area contributed by atoms with Gasteiger partial charge in [0.25, 0.3) is 0 Å². The van der Waals surface area contributed by atoms with Crippen LogP contribution in [0.3, 0.4) is 0 Å². The van der Waals surface area contributed by atoms with Gasteiger partial charge in [-0.2, -0.15) is 0 Å². The van der Waals surface area contributed by atoms with E-state index in [9.17, 15) is 0 Å². The Hall–Kier alpha value is -1.06. The summed E-state index contributed by atoms with van der Waals surface area (Å²) in [5.74, 6) is 0. The van der Waals surface area contributed by atoms with Crippen molar-refractivity contribution in [3.05, 3.63) is 29.3 Å². The first-order valence-electron chi connectivity index (χ1n) is 7.43. The molecule has 106 valence electrons. The quantitative estimate of drug-likeness (QED) is 0.852. The molecule has 2 rings (SSSR count). The van der Waals surface area contributed by atoms with Crippen LogP contribution < -0.4 is 10.6 Å². The Morgan fingerprint density at radius 2 is 1.84 bits per heavy atom. The molecule has 1 heterocycles. The van der Waals surface area contributed by atoms with Crippen LogP contribution in [0.25, 0.3) is 0 Å². The van der Waals surface area contributed by atoms with Crippen LogP contribution in [0, 0.1) is 13.8 Å². The van der Waals surface area contributed by atoms with Crippen LogP contribution in [0.5, 0.6) is 0 Å². The smallest absolute Gasteiger partial charge is 0.0399 e. The van der Waals surface area contributed by atoms with E-state index in [0.29, 0.717) is 6.04 Å². The monoisotopic (exact) mass is 261 g/mol. The second-order valence-electron chi connectivity index (χ2n) is 5.62. The van der Waals surface area contributed by atoms with E-state index in [-0.39, 0.29) is 0 Å². The van der Waals surface area contributed by atoms with Gasteiger partial charge in [-0.15, -0.1) is 0 Å². The third-order valence-corrected chi connectivity index (χ3v) is 4.12. The number of nitrogens with zero attached hydrogens (tertiary/aromatic N) is 1. The first kappa shape index (κ1) is 14.4. The molecule has 1 aliphatic rings. The lowest BCUT2D eigenvalue weighted by Gasteiger charge is -2.33. The first-order chi connectivity index (χ1) is 9.18. The number of hydrogen-bond donors (Lipinski definition) is 2. The highest BCUT2D eigenvalue weighted by atomic mass is 15.2. The molecule has 1 fully saturated rings. The number of rotatable bonds is 5. The Kier molecular flexibility index (Phi) is 5.23. The number of aryl methyl sites for hydroxylation is 2. The third kappa shape index (κ3) is 3.95. The van der Waals surface area contributed by atoms with E-state index >= 15 is 0 Å². The second-order valence-corrected chi connectivity index (χ2v) is 5.62. The highest BCUT2D eigenvalue weighted by molar-refractivity contribution is 5.56. The Morgan fingerprint density at radius 1 is 1.21 bits per heavy atom. The van der Waals surface area contributed by atoms with E-state index in [4.69, 9.17) is 0 Å².